The van der Waals surface area contributed by atoms with E-state index in [4.69, 9.17) is 28.3 Å². The topological polar surface area (TPSA) is 86.6 Å². The highest BCUT2D eigenvalue weighted by atomic mass is 35.5. The Labute approximate surface area is 136 Å². The predicted molar refractivity (Wildman–Crippen MR) is 84.3 cm³/mol. The fraction of sp³-hybridized carbons (Fsp3) is 0.200. The number of halogens is 2. The van der Waals surface area contributed by atoms with Gasteiger partial charge < -0.3 is 15.5 Å². The van der Waals surface area contributed by atoms with Crippen LogP contribution in [-0.4, -0.2) is 27.5 Å². The summed E-state index contributed by atoms with van der Waals surface area (Å²) in [6.07, 6.45) is 1.56. The number of hydrogen-bond acceptors (Lipinski definition) is 3. The smallest absolute Gasteiger partial charge is 0.307 e. The van der Waals surface area contributed by atoms with E-state index in [9.17, 15) is 14.7 Å². The van der Waals surface area contributed by atoms with Gasteiger partial charge >= 0.3 is 5.97 Å². The Morgan fingerprint density at radius 3 is 2.50 bits per heavy atom. The van der Waals surface area contributed by atoms with Crippen LogP contribution in [0.25, 0.3) is 0 Å². The summed E-state index contributed by atoms with van der Waals surface area (Å²) in [5.41, 5.74) is 1.11. The van der Waals surface area contributed by atoms with Gasteiger partial charge in [0.05, 0.1) is 17.4 Å². The minimum atomic E-state index is -0.929. The molecule has 7 heteroatoms. The van der Waals surface area contributed by atoms with Crippen molar-refractivity contribution in [3.05, 3.63) is 52.3 Å². The van der Waals surface area contributed by atoms with Crippen molar-refractivity contribution in [2.45, 2.75) is 18.2 Å². The van der Waals surface area contributed by atoms with Gasteiger partial charge in [-0.2, -0.15) is 0 Å². The van der Waals surface area contributed by atoms with E-state index in [2.05, 4.69) is 5.32 Å². The fourth-order valence-electron chi connectivity index (χ4n) is 1.99. The van der Waals surface area contributed by atoms with Crippen molar-refractivity contribution in [2.75, 3.05) is 5.32 Å². The van der Waals surface area contributed by atoms with Gasteiger partial charge in [-0.1, -0.05) is 23.7 Å². The van der Waals surface area contributed by atoms with Gasteiger partial charge in [0.2, 0.25) is 0 Å². The number of rotatable bonds is 4. The average molecular weight is 342 g/mol. The molecule has 1 unspecified atom stereocenters. The summed E-state index contributed by atoms with van der Waals surface area (Å²) < 4.78 is 0. The summed E-state index contributed by atoms with van der Waals surface area (Å²) in [5, 5.41) is 20.8. The Balaban J connectivity index is 2.12. The number of anilines is 1. The molecule has 0 saturated heterocycles. The highest BCUT2D eigenvalue weighted by Crippen LogP contribution is 2.29. The van der Waals surface area contributed by atoms with E-state index >= 15 is 0 Å². The molecule has 0 spiro atoms. The highest BCUT2D eigenvalue weighted by molar-refractivity contribution is 6.32. The molecule has 0 heterocycles. The summed E-state index contributed by atoms with van der Waals surface area (Å²) in [7, 11) is 0. The maximum absolute atomic E-state index is 12.1. The predicted octanol–water partition coefficient (Wildman–Crippen LogP) is 3.20. The molecule has 116 valence electrons. The first-order chi connectivity index (χ1) is 10.4. The Morgan fingerprint density at radius 1 is 1.27 bits per heavy atom. The van der Waals surface area contributed by atoms with Crippen molar-refractivity contribution >= 4 is 40.8 Å². The van der Waals surface area contributed by atoms with E-state index in [1.165, 1.54) is 6.08 Å². The summed E-state index contributed by atoms with van der Waals surface area (Å²) in [5.74, 6) is -1.68. The lowest BCUT2D eigenvalue weighted by Gasteiger charge is -2.17. The standard InChI is InChI=1S/C15H13Cl2NO4/c16-9-6-11(14(21)12(17)7-9)15(22)18-10-3-1-8(2-4-10)5-13(19)20/h1-4,6,12,21H,5,7H2,(H,18,22)(H,19,20). The number of hydrogen-bond donors (Lipinski definition) is 3. The third kappa shape index (κ3) is 4.02. The molecule has 0 aliphatic heterocycles. The van der Waals surface area contributed by atoms with Crippen LogP contribution >= 0.6 is 23.2 Å². The van der Waals surface area contributed by atoms with Gasteiger partial charge in [-0.05, 0) is 23.8 Å². The third-order valence-corrected chi connectivity index (χ3v) is 3.68. The van der Waals surface area contributed by atoms with Crippen LogP contribution in [0.5, 0.6) is 0 Å². The number of carbonyl (C=O) groups excluding carboxylic acids is 1. The number of carboxylic acid groups (broad SMARTS) is 1. The second-order valence-corrected chi connectivity index (χ2v) is 5.80. The summed E-state index contributed by atoms with van der Waals surface area (Å²) in [4.78, 5) is 22.7. The molecule has 0 radical (unpaired) electrons. The van der Waals surface area contributed by atoms with Crippen molar-refractivity contribution in [1.82, 2.24) is 0 Å². The van der Waals surface area contributed by atoms with E-state index in [1.807, 2.05) is 0 Å². The zero-order valence-corrected chi connectivity index (χ0v) is 12.9. The number of aliphatic hydroxyl groups excluding tert-OH is 1. The molecular weight excluding hydrogens is 329 g/mol. The number of alkyl halides is 1. The lowest BCUT2D eigenvalue weighted by molar-refractivity contribution is -0.136. The molecule has 3 N–H and O–H groups in total. The molecule has 1 atom stereocenters. The molecule has 1 aromatic rings. The number of amides is 1. The maximum Gasteiger partial charge on any atom is 0.307 e. The van der Waals surface area contributed by atoms with Crippen molar-refractivity contribution in [3.63, 3.8) is 0 Å². The Bertz CT molecular complexity index is 665. The fourth-order valence-corrected chi connectivity index (χ4v) is 2.61. The van der Waals surface area contributed by atoms with E-state index in [-0.39, 0.29) is 24.2 Å². The van der Waals surface area contributed by atoms with E-state index in [0.29, 0.717) is 16.3 Å². The molecule has 5 nitrogen and oxygen atoms in total. The number of allylic oxidation sites excluding steroid dienone is 2. The largest absolute Gasteiger partial charge is 0.510 e. The number of nitrogens with one attached hydrogen (secondary N) is 1. The van der Waals surface area contributed by atoms with Crippen LogP contribution in [0.2, 0.25) is 0 Å². The van der Waals surface area contributed by atoms with Crippen molar-refractivity contribution in [1.29, 1.82) is 0 Å². The number of carbonyl (C=O) groups is 2. The monoisotopic (exact) mass is 341 g/mol. The van der Waals surface area contributed by atoms with Crippen LogP contribution in [0.15, 0.2) is 46.7 Å². The first-order valence-corrected chi connectivity index (χ1v) is 7.23. The second kappa shape index (κ2) is 6.85. The molecule has 22 heavy (non-hydrogen) atoms. The van der Waals surface area contributed by atoms with Crippen molar-refractivity contribution in [2.24, 2.45) is 0 Å². The number of aliphatic carboxylic acids is 1. The first kappa shape index (κ1) is 16.4. The van der Waals surface area contributed by atoms with Gasteiger partial charge in [0.15, 0.2) is 0 Å². The molecule has 1 amide bonds. The zero-order chi connectivity index (χ0) is 16.3. The Morgan fingerprint density at radius 2 is 1.91 bits per heavy atom. The lowest BCUT2D eigenvalue weighted by atomic mass is 10.0. The second-order valence-electron chi connectivity index (χ2n) is 4.78. The van der Waals surface area contributed by atoms with Gasteiger partial charge in [-0.3, -0.25) is 9.59 Å². The van der Waals surface area contributed by atoms with Gasteiger partial charge in [0.1, 0.15) is 5.76 Å². The van der Waals surface area contributed by atoms with Crippen molar-refractivity contribution in [3.8, 4) is 0 Å². The van der Waals surface area contributed by atoms with E-state index in [0.717, 1.165) is 0 Å². The molecule has 0 bridgehead atoms. The van der Waals surface area contributed by atoms with Gasteiger partial charge in [0.25, 0.3) is 5.91 Å². The normalized spacial score (nSPS) is 17.9. The Kier molecular flexibility index (Phi) is 5.11. The molecular formula is C15H13Cl2NO4. The average Bonchev–Trinajstić information content (AvgIpc) is 2.44. The number of aliphatic hydroxyl groups is 1. The molecule has 1 aliphatic carbocycles. The SMILES string of the molecule is O=C(O)Cc1ccc(NC(=O)C2=C(O)C(Cl)CC(Cl)=C2)cc1. The van der Waals surface area contributed by atoms with Gasteiger partial charge in [-0.25, -0.2) is 0 Å². The molecule has 0 saturated carbocycles. The number of benzene rings is 1. The van der Waals surface area contributed by atoms with Gasteiger partial charge in [-0.15, -0.1) is 11.6 Å². The molecule has 2 rings (SSSR count). The van der Waals surface area contributed by atoms with Crippen LogP contribution < -0.4 is 5.32 Å². The van der Waals surface area contributed by atoms with Crippen molar-refractivity contribution < 1.29 is 19.8 Å². The molecule has 0 fully saturated rings. The van der Waals surface area contributed by atoms with Crippen LogP contribution in [0.1, 0.15) is 12.0 Å². The Hall–Kier alpha value is -1.98. The lowest BCUT2D eigenvalue weighted by Crippen LogP contribution is -2.21. The van der Waals surface area contributed by atoms with Crippen LogP contribution in [0, 0.1) is 0 Å². The minimum absolute atomic E-state index is 0.0193. The van der Waals surface area contributed by atoms with Gasteiger partial charge in [0, 0.05) is 17.1 Å². The van der Waals surface area contributed by atoms with Crippen LogP contribution in [0.3, 0.4) is 0 Å². The summed E-state index contributed by atoms with van der Waals surface area (Å²) >= 11 is 11.8. The molecule has 1 aromatic carbocycles. The third-order valence-electron chi connectivity index (χ3n) is 3.06. The minimum Gasteiger partial charge on any atom is -0.510 e. The molecule has 1 aliphatic rings. The first-order valence-electron chi connectivity index (χ1n) is 6.42. The van der Waals surface area contributed by atoms with Crippen LogP contribution in [-0.2, 0) is 16.0 Å². The summed E-state index contributed by atoms with van der Waals surface area (Å²) in [6, 6.07) is 6.37. The number of carboxylic acids is 1. The quantitative estimate of drug-likeness (QED) is 0.734. The zero-order valence-electron chi connectivity index (χ0n) is 11.3. The van der Waals surface area contributed by atoms with E-state index in [1.54, 1.807) is 24.3 Å². The van der Waals surface area contributed by atoms with Crippen LogP contribution in [0.4, 0.5) is 5.69 Å². The summed E-state index contributed by atoms with van der Waals surface area (Å²) in [6.45, 7) is 0. The maximum atomic E-state index is 12.1. The molecule has 0 aromatic heterocycles. The van der Waals surface area contributed by atoms with E-state index < -0.39 is 17.3 Å². The highest BCUT2D eigenvalue weighted by Gasteiger charge is 2.25.